The number of benzene rings is 3. The number of amides is 1. The standard InChI is InChI=1S/C26H26N2O3/c1-17(2)31-20-10-8-9-19(15-20)18(3)27-25(29)16-28-23-13-6-4-11-21(23)26(30)22-12-5-7-14-24(22)28/h4-15,17-18H,16H2,1-3H3,(H,27,29). The lowest BCUT2D eigenvalue weighted by atomic mass is 10.1. The Balaban J connectivity index is 1.63. The van der Waals surface area contributed by atoms with Crippen LogP contribution in [0.3, 0.4) is 0 Å². The monoisotopic (exact) mass is 414 g/mol. The number of aromatic nitrogens is 1. The summed E-state index contributed by atoms with van der Waals surface area (Å²) in [6.45, 7) is 6.04. The number of carbonyl (C=O) groups is 1. The number of carbonyl (C=O) groups excluding carboxylic acids is 1. The van der Waals surface area contributed by atoms with Crippen LogP contribution in [0.25, 0.3) is 21.8 Å². The summed E-state index contributed by atoms with van der Waals surface area (Å²) in [6.07, 6.45) is 0.0853. The fraction of sp³-hybridized carbons (Fsp3) is 0.231. The van der Waals surface area contributed by atoms with E-state index < -0.39 is 0 Å². The number of rotatable bonds is 6. The molecule has 31 heavy (non-hydrogen) atoms. The van der Waals surface area contributed by atoms with Gasteiger partial charge in [0.2, 0.25) is 5.91 Å². The summed E-state index contributed by atoms with van der Waals surface area (Å²) in [7, 11) is 0. The van der Waals surface area contributed by atoms with Gasteiger partial charge < -0.3 is 14.6 Å². The zero-order valence-corrected chi connectivity index (χ0v) is 18.0. The van der Waals surface area contributed by atoms with Crippen molar-refractivity contribution in [2.24, 2.45) is 0 Å². The van der Waals surface area contributed by atoms with Crippen LogP contribution in [0.5, 0.6) is 5.75 Å². The van der Waals surface area contributed by atoms with E-state index in [9.17, 15) is 9.59 Å². The molecular formula is C26H26N2O3. The minimum atomic E-state index is -0.180. The van der Waals surface area contributed by atoms with Crippen LogP contribution < -0.4 is 15.5 Å². The third-order valence-corrected chi connectivity index (χ3v) is 5.29. The summed E-state index contributed by atoms with van der Waals surface area (Å²) < 4.78 is 7.68. The lowest BCUT2D eigenvalue weighted by Gasteiger charge is -2.19. The topological polar surface area (TPSA) is 60.3 Å². The minimum absolute atomic E-state index is 0.0156. The van der Waals surface area contributed by atoms with Gasteiger partial charge in [-0.2, -0.15) is 0 Å². The highest BCUT2D eigenvalue weighted by Crippen LogP contribution is 2.21. The molecular weight excluding hydrogens is 388 g/mol. The molecule has 0 spiro atoms. The van der Waals surface area contributed by atoms with Crippen molar-refractivity contribution >= 4 is 27.7 Å². The van der Waals surface area contributed by atoms with Crippen molar-refractivity contribution in [2.45, 2.75) is 39.5 Å². The average molecular weight is 415 g/mol. The number of nitrogens with zero attached hydrogens (tertiary/aromatic N) is 1. The first-order chi connectivity index (χ1) is 14.9. The molecule has 1 N–H and O–H groups in total. The maximum Gasteiger partial charge on any atom is 0.240 e. The van der Waals surface area contributed by atoms with Crippen LogP contribution in [-0.2, 0) is 11.3 Å². The molecule has 1 unspecified atom stereocenters. The maximum absolute atomic E-state index is 13.0. The molecule has 0 aliphatic carbocycles. The van der Waals surface area contributed by atoms with E-state index in [1.807, 2.05) is 86.0 Å². The van der Waals surface area contributed by atoms with Gasteiger partial charge >= 0.3 is 0 Å². The molecule has 0 aliphatic rings. The van der Waals surface area contributed by atoms with E-state index in [1.165, 1.54) is 0 Å². The van der Waals surface area contributed by atoms with Crippen molar-refractivity contribution in [3.05, 3.63) is 88.6 Å². The third kappa shape index (κ3) is 4.31. The van der Waals surface area contributed by atoms with Gasteiger partial charge in [0.15, 0.2) is 5.43 Å². The van der Waals surface area contributed by atoms with Crippen molar-refractivity contribution in [1.82, 2.24) is 9.88 Å². The Hall–Kier alpha value is -3.60. The fourth-order valence-electron chi connectivity index (χ4n) is 3.89. The summed E-state index contributed by atoms with van der Waals surface area (Å²) in [4.78, 5) is 25.9. The molecule has 0 aliphatic heterocycles. The molecule has 1 heterocycles. The predicted octanol–water partition coefficient (Wildman–Crippen LogP) is 4.82. The van der Waals surface area contributed by atoms with Gasteiger partial charge in [-0.1, -0.05) is 36.4 Å². The van der Waals surface area contributed by atoms with Gasteiger partial charge in [0.05, 0.1) is 23.2 Å². The molecule has 3 aromatic carbocycles. The third-order valence-electron chi connectivity index (χ3n) is 5.29. The number of para-hydroxylation sites is 2. The van der Waals surface area contributed by atoms with E-state index in [0.717, 1.165) is 22.3 Å². The highest BCUT2D eigenvalue weighted by Gasteiger charge is 2.15. The molecule has 4 aromatic rings. The molecule has 1 atom stereocenters. The summed E-state index contributed by atoms with van der Waals surface area (Å²) in [5.74, 6) is 0.660. The Morgan fingerprint density at radius 3 is 2.13 bits per heavy atom. The van der Waals surface area contributed by atoms with Crippen LogP contribution in [0, 0.1) is 0 Å². The first-order valence-corrected chi connectivity index (χ1v) is 10.5. The Labute approximate surface area is 181 Å². The normalized spacial score (nSPS) is 12.3. The van der Waals surface area contributed by atoms with Crippen LogP contribution >= 0.6 is 0 Å². The zero-order chi connectivity index (χ0) is 22.0. The Bertz CT molecular complexity index is 1250. The summed E-state index contributed by atoms with van der Waals surface area (Å²) in [5, 5.41) is 4.30. The molecule has 0 saturated heterocycles. The molecule has 0 saturated carbocycles. The van der Waals surface area contributed by atoms with Gasteiger partial charge in [0, 0.05) is 10.8 Å². The predicted molar refractivity (Wildman–Crippen MR) is 124 cm³/mol. The van der Waals surface area contributed by atoms with Gasteiger partial charge in [0.1, 0.15) is 12.3 Å². The van der Waals surface area contributed by atoms with Gasteiger partial charge in [-0.05, 0) is 62.7 Å². The van der Waals surface area contributed by atoms with Gasteiger partial charge in [-0.15, -0.1) is 0 Å². The van der Waals surface area contributed by atoms with Crippen molar-refractivity contribution in [2.75, 3.05) is 0 Å². The largest absolute Gasteiger partial charge is 0.491 e. The van der Waals surface area contributed by atoms with E-state index >= 15 is 0 Å². The number of ether oxygens (including phenoxy) is 1. The number of pyridine rings is 1. The molecule has 4 rings (SSSR count). The van der Waals surface area contributed by atoms with Crippen LogP contribution in [0.4, 0.5) is 0 Å². The van der Waals surface area contributed by atoms with Crippen molar-refractivity contribution < 1.29 is 9.53 Å². The van der Waals surface area contributed by atoms with Crippen LogP contribution in [0.15, 0.2) is 77.6 Å². The van der Waals surface area contributed by atoms with Crippen LogP contribution in [0.1, 0.15) is 32.4 Å². The quantitative estimate of drug-likeness (QED) is 0.460. The van der Waals surface area contributed by atoms with E-state index in [1.54, 1.807) is 12.1 Å². The Morgan fingerprint density at radius 2 is 1.52 bits per heavy atom. The fourth-order valence-corrected chi connectivity index (χ4v) is 3.89. The molecule has 0 radical (unpaired) electrons. The van der Waals surface area contributed by atoms with Gasteiger partial charge in [-0.25, -0.2) is 0 Å². The molecule has 5 nitrogen and oxygen atoms in total. The molecule has 0 bridgehead atoms. The second kappa shape index (κ2) is 8.64. The van der Waals surface area contributed by atoms with E-state index in [4.69, 9.17) is 4.74 Å². The lowest BCUT2D eigenvalue weighted by Crippen LogP contribution is -2.30. The maximum atomic E-state index is 13.0. The van der Waals surface area contributed by atoms with Crippen molar-refractivity contribution in [1.29, 1.82) is 0 Å². The summed E-state index contributed by atoms with van der Waals surface area (Å²) >= 11 is 0. The number of fused-ring (bicyclic) bond motifs is 2. The lowest BCUT2D eigenvalue weighted by molar-refractivity contribution is -0.122. The zero-order valence-electron chi connectivity index (χ0n) is 18.0. The SMILES string of the molecule is CC(C)Oc1cccc(C(C)NC(=O)Cn2c3ccccc3c(=O)c3ccccc32)c1. The smallest absolute Gasteiger partial charge is 0.240 e. The van der Waals surface area contributed by atoms with Crippen LogP contribution in [-0.4, -0.2) is 16.6 Å². The summed E-state index contributed by atoms with van der Waals surface area (Å²) in [5.41, 5.74) is 2.46. The van der Waals surface area contributed by atoms with E-state index in [2.05, 4.69) is 5.32 Å². The molecule has 1 aromatic heterocycles. The molecule has 5 heteroatoms. The Morgan fingerprint density at radius 1 is 0.903 bits per heavy atom. The molecule has 1 amide bonds. The second-order valence-electron chi connectivity index (χ2n) is 7.98. The van der Waals surface area contributed by atoms with Crippen molar-refractivity contribution in [3.8, 4) is 5.75 Å². The van der Waals surface area contributed by atoms with Crippen molar-refractivity contribution in [3.63, 3.8) is 0 Å². The van der Waals surface area contributed by atoms with Crippen LogP contribution in [0.2, 0.25) is 0 Å². The number of hydrogen-bond acceptors (Lipinski definition) is 3. The van der Waals surface area contributed by atoms with Gasteiger partial charge in [-0.3, -0.25) is 9.59 Å². The number of nitrogens with one attached hydrogen (secondary N) is 1. The Kier molecular flexibility index (Phi) is 5.76. The molecule has 158 valence electrons. The van der Waals surface area contributed by atoms with Gasteiger partial charge in [0.25, 0.3) is 0 Å². The minimum Gasteiger partial charge on any atom is -0.491 e. The highest BCUT2D eigenvalue weighted by molar-refractivity contribution is 5.94. The molecule has 0 fully saturated rings. The average Bonchev–Trinajstić information content (AvgIpc) is 2.76. The second-order valence-corrected chi connectivity index (χ2v) is 7.98. The highest BCUT2D eigenvalue weighted by atomic mass is 16.5. The van der Waals surface area contributed by atoms with E-state index in [-0.39, 0.29) is 30.0 Å². The first-order valence-electron chi connectivity index (χ1n) is 10.5. The summed E-state index contributed by atoms with van der Waals surface area (Å²) in [6, 6.07) is 22.4. The first kappa shape index (κ1) is 20.7. The van der Waals surface area contributed by atoms with E-state index in [0.29, 0.717) is 10.8 Å². The number of hydrogen-bond donors (Lipinski definition) is 1.